The lowest BCUT2D eigenvalue weighted by atomic mass is 10.2. The van der Waals surface area contributed by atoms with Gasteiger partial charge < -0.3 is 0 Å². The molecule has 0 fully saturated rings. The first-order valence-corrected chi connectivity index (χ1v) is 6.41. The van der Waals surface area contributed by atoms with Crippen LogP contribution in [0.3, 0.4) is 0 Å². The summed E-state index contributed by atoms with van der Waals surface area (Å²) in [4.78, 5) is 8.17. The molecule has 2 nitrogen and oxygen atoms in total. The van der Waals surface area contributed by atoms with Crippen LogP contribution < -0.4 is 0 Å². The summed E-state index contributed by atoms with van der Waals surface area (Å²) in [5, 5.41) is 0. The van der Waals surface area contributed by atoms with E-state index in [1.165, 1.54) is 17.7 Å². The highest BCUT2D eigenvalue weighted by Gasteiger charge is 1.98. The molecule has 2 aromatic carbocycles. The van der Waals surface area contributed by atoms with Gasteiger partial charge in [-0.25, -0.2) is 4.39 Å². The topological polar surface area (TPSA) is 24.7 Å². The first-order valence-electron chi connectivity index (χ1n) is 5.33. The molecule has 2 aromatic rings. The summed E-state index contributed by atoms with van der Waals surface area (Å²) in [5.41, 5.74) is 2.63. The van der Waals surface area contributed by atoms with Gasteiger partial charge in [-0.05, 0) is 59.8 Å². The fourth-order valence-electron chi connectivity index (χ4n) is 1.33. The molecule has 0 aliphatic rings. The summed E-state index contributed by atoms with van der Waals surface area (Å²) >= 11 is 2.03. The third-order valence-corrected chi connectivity index (χ3v) is 3.16. The molecule has 0 saturated carbocycles. The molecule has 0 heterocycles. The summed E-state index contributed by atoms with van der Waals surface area (Å²) in [6, 6.07) is 14.8. The monoisotopic (exact) mass is 352 g/mol. The predicted octanol–water partition coefficient (Wildman–Crippen LogP) is 4.88. The third-order valence-electron chi connectivity index (χ3n) is 2.29. The molecule has 0 bridgehead atoms. The average molecular weight is 352 g/mol. The molecule has 0 radical (unpaired) electrons. The van der Waals surface area contributed by atoms with Crippen LogP contribution in [0.5, 0.6) is 0 Å². The highest BCUT2D eigenvalue weighted by atomic mass is 127. The van der Waals surface area contributed by atoms with E-state index in [9.17, 15) is 4.39 Å². The van der Waals surface area contributed by atoms with Crippen LogP contribution in [-0.2, 0) is 0 Å². The summed E-state index contributed by atoms with van der Waals surface area (Å²) in [5.74, 6) is -0.270. The van der Waals surface area contributed by atoms with Crippen LogP contribution in [-0.4, -0.2) is 6.01 Å². The number of halogens is 2. The van der Waals surface area contributed by atoms with Crippen molar-refractivity contribution in [3.63, 3.8) is 0 Å². The van der Waals surface area contributed by atoms with Gasteiger partial charge in [0.25, 0.3) is 0 Å². The minimum absolute atomic E-state index is 0.270. The van der Waals surface area contributed by atoms with Gasteiger partial charge >= 0.3 is 0 Å². The number of hydrogen-bond acceptors (Lipinski definition) is 2. The van der Waals surface area contributed by atoms with Crippen molar-refractivity contribution in [2.24, 2.45) is 9.98 Å². The van der Waals surface area contributed by atoms with Crippen LogP contribution in [0.15, 0.2) is 52.4 Å². The molecule has 18 heavy (non-hydrogen) atoms. The maximum Gasteiger partial charge on any atom is 0.124 e. The minimum Gasteiger partial charge on any atom is -0.207 e. The quantitative estimate of drug-likeness (QED) is 0.544. The van der Waals surface area contributed by atoms with Crippen LogP contribution in [0.1, 0.15) is 5.56 Å². The molecular weight excluding hydrogens is 342 g/mol. The van der Waals surface area contributed by atoms with Gasteiger partial charge in [-0.2, -0.15) is 9.98 Å². The maximum atomic E-state index is 12.9. The molecule has 4 heteroatoms. The van der Waals surface area contributed by atoms with Crippen LogP contribution in [0, 0.1) is 16.3 Å². The largest absolute Gasteiger partial charge is 0.207 e. The Balaban J connectivity index is 2.22. The SMILES string of the molecule is Cc1ccc(N=C=Nc2ccc(F)cc2I)cc1. The van der Waals surface area contributed by atoms with Gasteiger partial charge in [0, 0.05) is 3.57 Å². The molecule has 0 aliphatic carbocycles. The van der Waals surface area contributed by atoms with Crippen molar-refractivity contribution in [3.8, 4) is 0 Å². The van der Waals surface area contributed by atoms with E-state index in [0.717, 1.165) is 9.26 Å². The van der Waals surface area contributed by atoms with Crippen molar-refractivity contribution < 1.29 is 4.39 Å². The Morgan fingerprint density at radius 3 is 2.44 bits per heavy atom. The second kappa shape index (κ2) is 5.89. The van der Waals surface area contributed by atoms with Crippen molar-refractivity contribution in [1.82, 2.24) is 0 Å². The van der Waals surface area contributed by atoms with Gasteiger partial charge in [0.15, 0.2) is 0 Å². The van der Waals surface area contributed by atoms with Crippen LogP contribution in [0.25, 0.3) is 0 Å². The minimum atomic E-state index is -0.270. The summed E-state index contributed by atoms with van der Waals surface area (Å²) in [6.45, 7) is 2.02. The fourth-order valence-corrected chi connectivity index (χ4v) is 1.93. The van der Waals surface area contributed by atoms with Crippen molar-refractivity contribution >= 4 is 40.0 Å². The Morgan fingerprint density at radius 1 is 1.06 bits per heavy atom. The van der Waals surface area contributed by atoms with Gasteiger partial charge in [0.2, 0.25) is 0 Å². The molecule has 2 rings (SSSR count). The maximum absolute atomic E-state index is 12.9. The van der Waals surface area contributed by atoms with Gasteiger partial charge in [0.05, 0.1) is 11.4 Å². The Hall–Kier alpha value is -1.52. The number of nitrogens with zero attached hydrogens (tertiary/aromatic N) is 2. The molecule has 0 unspecified atom stereocenters. The van der Waals surface area contributed by atoms with Crippen LogP contribution in [0.4, 0.5) is 15.8 Å². The van der Waals surface area contributed by atoms with E-state index in [4.69, 9.17) is 0 Å². The van der Waals surface area contributed by atoms with E-state index in [0.29, 0.717) is 5.69 Å². The van der Waals surface area contributed by atoms with E-state index in [2.05, 4.69) is 16.0 Å². The van der Waals surface area contributed by atoms with Gasteiger partial charge in [-0.3, -0.25) is 0 Å². The molecule has 0 atom stereocenters. The number of aryl methyl sites for hydroxylation is 1. The van der Waals surface area contributed by atoms with Crippen LogP contribution >= 0.6 is 22.6 Å². The average Bonchev–Trinajstić information content (AvgIpc) is 2.34. The van der Waals surface area contributed by atoms with Crippen molar-refractivity contribution in [2.75, 3.05) is 0 Å². The van der Waals surface area contributed by atoms with Crippen molar-refractivity contribution in [2.45, 2.75) is 6.92 Å². The molecule has 0 saturated heterocycles. The molecule has 0 aromatic heterocycles. The van der Waals surface area contributed by atoms with Crippen LogP contribution in [0.2, 0.25) is 0 Å². The van der Waals surface area contributed by atoms with Gasteiger partial charge in [-0.1, -0.05) is 17.7 Å². The zero-order valence-corrected chi connectivity index (χ0v) is 11.8. The molecule has 0 N–H and O–H groups in total. The lowest BCUT2D eigenvalue weighted by Gasteiger charge is -1.95. The number of benzene rings is 2. The number of hydrogen-bond donors (Lipinski definition) is 0. The highest BCUT2D eigenvalue weighted by Crippen LogP contribution is 2.21. The smallest absolute Gasteiger partial charge is 0.124 e. The van der Waals surface area contributed by atoms with E-state index in [-0.39, 0.29) is 5.82 Å². The lowest BCUT2D eigenvalue weighted by Crippen LogP contribution is -1.76. The second-order valence-corrected chi connectivity index (χ2v) is 4.92. The first-order chi connectivity index (χ1) is 8.65. The Morgan fingerprint density at radius 2 is 1.78 bits per heavy atom. The summed E-state index contributed by atoms with van der Waals surface area (Å²) in [6.07, 6.45) is 0. The fraction of sp³-hybridized carbons (Fsp3) is 0.0714. The Kier molecular flexibility index (Phi) is 4.23. The predicted molar refractivity (Wildman–Crippen MR) is 79.5 cm³/mol. The molecule has 90 valence electrons. The zero-order valence-electron chi connectivity index (χ0n) is 9.69. The molecular formula is C14H10FIN2. The Labute approximate surface area is 118 Å². The lowest BCUT2D eigenvalue weighted by molar-refractivity contribution is 0.627. The summed E-state index contributed by atoms with van der Waals surface area (Å²) < 4.78 is 13.6. The standard InChI is InChI=1S/C14H10FIN2/c1-10-2-5-12(6-3-10)17-9-18-14-7-4-11(15)8-13(14)16/h2-8H,1H3. The zero-order chi connectivity index (χ0) is 13.0. The van der Waals surface area contributed by atoms with E-state index in [1.54, 1.807) is 6.07 Å². The third kappa shape index (κ3) is 3.48. The molecule has 0 spiro atoms. The van der Waals surface area contributed by atoms with E-state index < -0.39 is 0 Å². The number of rotatable bonds is 2. The van der Waals surface area contributed by atoms with Gasteiger partial charge in [-0.15, -0.1) is 0 Å². The van der Waals surface area contributed by atoms with E-state index in [1.807, 2.05) is 53.8 Å². The molecule has 0 aliphatic heterocycles. The summed E-state index contributed by atoms with van der Waals surface area (Å²) in [7, 11) is 0. The second-order valence-electron chi connectivity index (χ2n) is 3.75. The van der Waals surface area contributed by atoms with Gasteiger partial charge in [0.1, 0.15) is 11.8 Å². The normalized spacial score (nSPS) is 9.72. The Bertz CT molecular complexity index is 614. The van der Waals surface area contributed by atoms with E-state index >= 15 is 0 Å². The number of aliphatic imine (C=N–C) groups is 2. The van der Waals surface area contributed by atoms with Crippen molar-refractivity contribution in [1.29, 1.82) is 0 Å². The highest BCUT2D eigenvalue weighted by molar-refractivity contribution is 14.1. The first kappa shape index (κ1) is 12.9. The molecule has 0 amide bonds. The van der Waals surface area contributed by atoms with Crippen molar-refractivity contribution in [3.05, 3.63) is 57.4 Å².